The molecule has 104 valence electrons. The van der Waals surface area contributed by atoms with Gasteiger partial charge in [-0.15, -0.1) is 0 Å². The van der Waals surface area contributed by atoms with Gasteiger partial charge in [0.25, 0.3) is 0 Å². The Balaban J connectivity index is 2.38. The van der Waals surface area contributed by atoms with Crippen LogP contribution in [0.15, 0.2) is 4.99 Å². The number of ketones is 1. The number of thiazole rings is 1. The Morgan fingerprint density at radius 1 is 1.37 bits per heavy atom. The fourth-order valence-electron chi connectivity index (χ4n) is 2.36. The number of hydrogen-bond acceptors (Lipinski definition) is 3. The van der Waals surface area contributed by atoms with Crippen molar-refractivity contribution in [1.82, 2.24) is 4.90 Å². The summed E-state index contributed by atoms with van der Waals surface area (Å²) in [5.74, 6) is 0.191. The number of hydrogen-bond donors (Lipinski definition) is 0. The molecule has 0 aromatic carbocycles. The van der Waals surface area contributed by atoms with Gasteiger partial charge in [0, 0.05) is 20.5 Å². The summed E-state index contributed by atoms with van der Waals surface area (Å²) >= 11 is 1.75. The fraction of sp³-hybridized carbons (Fsp3) is 0.643. The monoisotopic (exact) mass is 280 g/mol. The van der Waals surface area contributed by atoms with E-state index in [0.29, 0.717) is 6.54 Å². The van der Waals surface area contributed by atoms with Gasteiger partial charge in [0.05, 0.1) is 4.88 Å². The third-order valence-corrected chi connectivity index (χ3v) is 4.38. The van der Waals surface area contributed by atoms with E-state index in [1.54, 1.807) is 18.3 Å². The SMILES string of the molecule is CC(=O)C[n+]1c(N=CN(C)C)sc2c1CCCCC2. The van der Waals surface area contributed by atoms with Crippen LogP contribution in [0.4, 0.5) is 5.13 Å². The molecule has 1 aliphatic rings. The van der Waals surface area contributed by atoms with Crippen LogP contribution in [0.25, 0.3) is 0 Å². The molecule has 0 spiro atoms. The minimum Gasteiger partial charge on any atom is -0.348 e. The number of nitrogens with zero attached hydrogens (tertiary/aromatic N) is 3. The third kappa shape index (κ3) is 3.62. The number of Topliss-reactive ketones (excluding diaryl/α,β-unsaturated/α-hetero) is 1. The van der Waals surface area contributed by atoms with Gasteiger partial charge in [0.15, 0.2) is 5.78 Å². The summed E-state index contributed by atoms with van der Waals surface area (Å²) in [7, 11) is 3.91. The van der Waals surface area contributed by atoms with E-state index in [9.17, 15) is 4.79 Å². The number of fused-ring (bicyclic) bond motifs is 1. The second-order valence-electron chi connectivity index (χ2n) is 5.31. The summed E-state index contributed by atoms with van der Waals surface area (Å²) in [4.78, 5) is 19.4. The lowest BCUT2D eigenvalue weighted by Crippen LogP contribution is -2.39. The molecule has 0 saturated carbocycles. The first-order valence-electron chi connectivity index (χ1n) is 6.82. The van der Waals surface area contributed by atoms with Gasteiger partial charge >= 0.3 is 5.13 Å². The summed E-state index contributed by atoms with van der Waals surface area (Å²) in [6.45, 7) is 2.10. The lowest BCUT2D eigenvalue weighted by Gasteiger charge is -2.01. The van der Waals surface area contributed by atoms with Crippen molar-refractivity contribution in [2.45, 2.75) is 45.6 Å². The maximum Gasteiger partial charge on any atom is 0.384 e. The average Bonchev–Trinajstić information content (AvgIpc) is 2.51. The molecule has 0 bridgehead atoms. The van der Waals surface area contributed by atoms with Gasteiger partial charge in [-0.2, -0.15) is 0 Å². The van der Waals surface area contributed by atoms with E-state index in [1.807, 2.05) is 25.3 Å². The van der Waals surface area contributed by atoms with Crippen LogP contribution in [-0.2, 0) is 24.2 Å². The highest BCUT2D eigenvalue weighted by Gasteiger charge is 2.25. The number of carbonyl (C=O) groups is 1. The standard InChI is InChI=1S/C14H22N3OS/c1-11(18)9-17-12-7-5-4-6-8-13(12)19-14(17)15-10-16(2)3/h10H,4-9H2,1-3H3/q+1. The predicted molar refractivity (Wildman–Crippen MR) is 78.3 cm³/mol. The van der Waals surface area contributed by atoms with E-state index in [1.165, 1.54) is 29.8 Å². The van der Waals surface area contributed by atoms with Crippen molar-refractivity contribution < 1.29 is 9.36 Å². The van der Waals surface area contributed by atoms with Crippen molar-refractivity contribution in [1.29, 1.82) is 0 Å². The third-order valence-electron chi connectivity index (χ3n) is 3.19. The van der Waals surface area contributed by atoms with Gasteiger partial charge in [-0.3, -0.25) is 4.79 Å². The molecule has 0 saturated heterocycles. The molecule has 0 aliphatic heterocycles. The topological polar surface area (TPSA) is 36.6 Å². The zero-order valence-electron chi connectivity index (χ0n) is 12.0. The second kappa shape index (κ2) is 6.28. The molecule has 4 nitrogen and oxygen atoms in total. The van der Waals surface area contributed by atoms with Crippen LogP contribution in [0.1, 0.15) is 36.8 Å². The van der Waals surface area contributed by atoms with E-state index in [-0.39, 0.29) is 5.78 Å². The Morgan fingerprint density at radius 3 is 2.79 bits per heavy atom. The van der Waals surface area contributed by atoms with Gasteiger partial charge in [0.1, 0.15) is 12.2 Å². The lowest BCUT2D eigenvalue weighted by molar-refractivity contribution is -0.674. The van der Waals surface area contributed by atoms with Crippen molar-refractivity contribution >= 4 is 28.6 Å². The van der Waals surface area contributed by atoms with Gasteiger partial charge in [-0.05, 0) is 42.5 Å². The number of aromatic nitrogens is 1. The molecule has 2 rings (SSSR count). The predicted octanol–water partition coefficient (Wildman–Crippen LogP) is 2.11. The molecule has 0 atom stereocenters. The quantitative estimate of drug-likeness (QED) is 0.366. The number of carbonyl (C=O) groups excluding carboxylic acids is 1. The van der Waals surface area contributed by atoms with Crippen LogP contribution < -0.4 is 4.57 Å². The van der Waals surface area contributed by atoms with Crippen molar-refractivity contribution in [3.05, 3.63) is 10.6 Å². The van der Waals surface area contributed by atoms with E-state index in [4.69, 9.17) is 0 Å². The number of rotatable bonds is 4. The largest absolute Gasteiger partial charge is 0.384 e. The lowest BCUT2D eigenvalue weighted by atomic mass is 10.2. The first-order valence-corrected chi connectivity index (χ1v) is 7.64. The van der Waals surface area contributed by atoms with Crippen LogP contribution in [0.5, 0.6) is 0 Å². The molecule has 5 heteroatoms. The zero-order valence-corrected chi connectivity index (χ0v) is 12.8. The molecule has 0 unspecified atom stereocenters. The van der Waals surface area contributed by atoms with Crippen LogP contribution in [-0.4, -0.2) is 31.1 Å². The molecule has 1 aromatic rings. The van der Waals surface area contributed by atoms with E-state index >= 15 is 0 Å². The first-order chi connectivity index (χ1) is 9.08. The molecule has 1 aromatic heterocycles. The van der Waals surface area contributed by atoms with Crippen LogP contribution in [0.2, 0.25) is 0 Å². The van der Waals surface area contributed by atoms with Crippen molar-refractivity contribution in [3.63, 3.8) is 0 Å². The van der Waals surface area contributed by atoms with Crippen LogP contribution >= 0.6 is 11.3 Å². The molecule has 0 radical (unpaired) electrons. The molecule has 0 amide bonds. The molecule has 0 fully saturated rings. The minimum atomic E-state index is 0.191. The summed E-state index contributed by atoms with van der Waals surface area (Å²) in [6, 6.07) is 0. The van der Waals surface area contributed by atoms with E-state index in [2.05, 4.69) is 9.56 Å². The number of aryl methyl sites for hydroxylation is 1. The summed E-state index contributed by atoms with van der Waals surface area (Å²) in [6.07, 6.45) is 7.79. The van der Waals surface area contributed by atoms with Gasteiger partial charge in [0.2, 0.25) is 6.34 Å². The molecule has 19 heavy (non-hydrogen) atoms. The van der Waals surface area contributed by atoms with Gasteiger partial charge in [-0.1, -0.05) is 6.42 Å². The van der Waals surface area contributed by atoms with Crippen molar-refractivity contribution in [2.75, 3.05) is 14.1 Å². The van der Waals surface area contributed by atoms with Crippen LogP contribution in [0.3, 0.4) is 0 Å². The Hall–Kier alpha value is -1.23. The minimum absolute atomic E-state index is 0.191. The molecular formula is C14H22N3OS+. The van der Waals surface area contributed by atoms with Crippen LogP contribution in [0, 0.1) is 0 Å². The molecule has 1 heterocycles. The Labute approximate surface area is 118 Å². The normalized spacial score (nSPS) is 15.3. The summed E-state index contributed by atoms with van der Waals surface area (Å²) in [5.41, 5.74) is 1.34. The van der Waals surface area contributed by atoms with Crippen molar-refractivity contribution in [2.24, 2.45) is 4.99 Å². The Morgan fingerprint density at radius 2 is 2.11 bits per heavy atom. The highest BCUT2D eigenvalue weighted by molar-refractivity contribution is 7.15. The smallest absolute Gasteiger partial charge is 0.348 e. The van der Waals surface area contributed by atoms with E-state index < -0.39 is 0 Å². The fourth-order valence-corrected chi connectivity index (χ4v) is 3.54. The average molecular weight is 280 g/mol. The van der Waals surface area contributed by atoms with E-state index in [0.717, 1.165) is 18.0 Å². The summed E-state index contributed by atoms with van der Waals surface area (Å²) in [5, 5.41) is 0.954. The molecular weight excluding hydrogens is 258 g/mol. The Bertz CT molecular complexity index is 491. The Kier molecular flexibility index (Phi) is 4.69. The van der Waals surface area contributed by atoms with Crippen molar-refractivity contribution in [3.8, 4) is 0 Å². The van der Waals surface area contributed by atoms with Gasteiger partial charge < -0.3 is 4.90 Å². The highest BCUT2D eigenvalue weighted by atomic mass is 32.1. The van der Waals surface area contributed by atoms with Gasteiger partial charge in [-0.25, -0.2) is 4.57 Å². The number of aliphatic imine (C=N–C) groups is 1. The maximum absolute atomic E-state index is 11.5. The summed E-state index contributed by atoms with van der Waals surface area (Å²) < 4.78 is 2.12. The highest BCUT2D eigenvalue weighted by Crippen LogP contribution is 2.29. The maximum atomic E-state index is 11.5. The molecule has 1 aliphatic carbocycles. The second-order valence-corrected chi connectivity index (χ2v) is 6.37. The molecule has 0 N–H and O–H groups in total. The first kappa shape index (κ1) is 14.2. The zero-order chi connectivity index (χ0) is 13.8.